The van der Waals surface area contributed by atoms with E-state index in [-0.39, 0.29) is 6.04 Å². The molecule has 4 N–H and O–H groups in total. The van der Waals surface area contributed by atoms with Crippen molar-refractivity contribution in [3.8, 4) is 0 Å². The van der Waals surface area contributed by atoms with E-state index in [1.807, 2.05) is 48.9 Å². The molecule has 1 unspecified atom stereocenters. The van der Waals surface area contributed by atoms with Gasteiger partial charge in [0, 0.05) is 12.7 Å². The van der Waals surface area contributed by atoms with Gasteiger partial charge < -0.3 is 9.88 Å². The number of rotatable bonds is 3. The molecule has 0 aliphatic carbocycles. The number of hydrogen-bond acceptors (Lipinski definition) is 4. The van der Waals surface area contributed by atoms with Crippen molar-refractivity contribution in [3.63, 3.8) is 0 Å². The Hall–Kier alpha value is -2.41. The molecule has 7 heteroatoms. The number of aryl methyl sites for hydroxylation is 1. The first-order valence-corrected chi connectivity index (χ1v) is 5.91. The first kappa shape index (κ1) is 13.0. The average molecular weight is 259 g/mol. The van der Waals surface area contributed by atoms with Crippen molar-refractivity contribution in [2.75, 3.05) is 5.32 Å². The van der Waals surface area contributed by atoms with Gasteiger partial charge in [0.2, 0.25) is 5.96 Å². The number of para-hydroxylation sites is 1. The molecule has 7 nitrogen and oxygen atoms in total. The number of hydrogen-bond donors (Lipinski definition) is 3. The van der Waals surface area contributed by atoms with Gasteiger partial charge in [-0.05, 0) is 19.1 Å². The molecule has 0 amide bonds. The van der Waals surface area contributed by atoms with E-state index in [4.69, 9.17) is 5.84 Å². The highest BCUT2D eigenvalue weighted by molar-refractivity contribution is 5.93. The number of aromatic nitrogens is 3. The fourth-order valence-corrected chi connectivity index (χ4v) is 1.69. The van der Waals surface area contributed by atoms with Crippen LogP contribution >= 0.6 is 0 Å². The van der Waals surface area contributed by atoms with Crippen LogP contribution in [-0.2, 0) is 7.05 Å². The van der Waals surface area contributed by atoms with Crippen LogP contribution in [0.5, 0.6) is 0 Å². The van der Waals surface area contributed by atoms with Crippen molar-refractivity contribution in [2.45, 2.75) is 13.0 Å². The Balaban J connectivity index is 2.13. The minimum absolute atomic E-state index is 0.158. The zero-order valence-corrected chi connectivity index (χ0v) is 10.9. The Kier molecular flexibility index (Phi) is 4.09. The van der Waals surface area contributed by atoms with Crippen LogP contribution in [0.1, 0.15) is 18.8 Å². The Morgan fingerprint density at radius 1 is 1.37 bits per heavy atom. The van der Waals surface area contributed by atoms with E-state index < -0.39 is 0 Å². The first-order valence-electron chi connectivity index (χ1n) is 5.91. The lowest BCUT2D eigenvalue weighted by molar-refractivity contribution is 0.681. The summed E-state index contributed by atoms with van der Waals surface area (Å²) >= 11 is 0. The maximum Gasteiger partial charge on any atom is 0.210 e. The SMILES string of the molecule is CC(N=C(NN)Nc1ccccc1)c1nncn1C. The Bertz CT molecular complexity index is 546. The molecule has 1 aromatic carbocycles. The fourth-order valence-electron chi connectivity index (χ4n) is 1.69. The Labute approximate surface area is 111 Å². The summed E-state index contributed by atoms with van der Waals surface area (Å²) in [6.07, 6.45) is 1.64. The Morgan fingerprint density at radius 2 is 2.11 bits per heavy atom. The summed E-state index contributed by atoms with van der Waals surface area (Å²) in [5.41, 5.74) is 3.45. The molecule has 2 aromatic rings. The molecule has 0 fully saturated rings. The van der Waals surface area contributed by atoms with E-state index in [1.54, 1.807) is 6.33 Å². The number of benzene rings is 1. The van der Waals surface area contributed by atoms with Crippen LogP contribution in [-0.4, -0.2) is 20.7 Å². The van der Waals surface area contributed by atoms with Crippen LogP contribution in [0.3, 0.4) is 0 Å². The number of aliphatic imine (C=N–C) groups is 1. The highest BCUT2D eigenvalue weighted by Crippen LogP contribution is 2.13. The lowest BCUT2D eigenvalue weighted by atomic mass is 10.3. The summed E-state index contributed by atoms with van der Waals surface area (Å²) < 4.78 is 1.82. The molecular weight excluding hydrogens is 242 g/mol. The average Bonchev–Trinajstić information content (AvgIpc) is 2.85. The van der Waals surface area contributed by atoms with E-state index in [1.165, 1.54) is 0 Å². The normalized spacial score (nSPS) is 13.1. The monoisotopic (exact) mass is 259 g/mol. The van der Waals surface area contributed by atoms with Crippen molar-refractivity contribution in [1.29, 1.82) is 0 Å². The number of nitrogens with two attached hydrogens (primary N) is 1. The number of anilines is 1. The molecule has 0 radical (unpaired) electrons. The van der Waals surface area contributed by atoms with Crippen molar-refractivity contribution in [1.82, 2.24) is 20.2 Å². The summed E-state index contributed by atoms with van der Waals surface area (Å²) in [5, 5.41) is 10.9. The molecule has 0 saturated carbocycles. The smallest absolute Gasteiger partial charge is 0.210 e. The second-order valence-corrected chi connectivity index (χ2v) is 4.09. The van der Waals surface area contributed by atoms with Crippen molar-refractivity contribution in [2.24, 2.45) is 17.9 Å². The van der Waals surface area contributed by atoms with Crippen LogP contribution in [0.2, 0.25) is 0 Å². The van der Waals surface area contributed by atoms with E-state index in [9.17, 15) is 0 Å². The van der Waals surface area contributed by atoms with Gasteiger partial charge >= 0.3 is 0 Å². The highest BCUT2D eigenvalue weighted by atomic mass is 15.3. The van der Waals surface area contributed by atoms with Gasteiger partial charge in [-0.3, -0.25) is 5.43 Å². The molecule has 0 spiro atoms. The van der Waals surface area contributed by atoms with Gasteiger partial charge in [0.15, 0.2) is 5.82 Å². The second-order valence-electron chi connectivity index (χ2n) is 4.09. The van der Waals surface area contributed by atoms with E-state index in [0.717, 1.165) is 11.5 Å². The highest BCUT2D eigenvalue weighted by Gasteiger charge is 2.11. The minimum atomic E-state index is -0.158. The molecule has 1 heterocycles. The molecule has 0 aliphatic rings. The van der Waals surface area contributed by atoms with Crippen molar-refractivity contribution < 1.29 is 0 Å². The number of hydrazine groups is 1. The standard InChI is InChI=1S/C12H17N7/c1-9(11-18-14-8-19(11)2)15-12(17-13)16-10-6-4-3-5-7-10/h3-9H,13H2,1-2H3,(H2,15,16,17). The van der Waals surface area contributed by atoms with Gasteiger partial charge in [-0.1, -0.05) is 18.2 Å². The quantitative estimate of drug-likeness (QED) is 0.328. The van der Waals surface area contributed by atoms with Crippen LogP contribution in [0.15, 0.2) is 41.7 Å². The van der Waals surface area contributed by atoms with E-state index in [2.05, 4.69) is 25.9 Å². The lowest BCUT2D eigenvalue weighted by Gasteiger charge is -2.12. The second kappa shape index (κ2) is 5.96. The maximum absolute atomic E-state index is 5.47. The molecule has 1 atom stereocenters. The predicted octanol–water partition coefficient (Wildman–Crippen LogP) is 0.807. The van der Waals surface area contributed by atoms with Crippen molar-refractivity contribution in [3.05, 3.63) is 42.5 Å². The van der Waals surface area contributed by atoms with Gasteiger partial charge in [-0.25, -0.2) is 10.8 Å². The van der Waals surface area contributed by atoms with E-state index in [0.29, 0.717) is 5.96 Å². The zero-order chi connectivity index (χ0) is 13.7. The van der Waals surface area contributed by atoms with Gasteiger partial charge in [-0.15, -0.1) is 10.2 Å². The van der Waals surface area contributed by atoms with Crippen LogP contribution < -0.4 is 16.6 Å². The first-order chi connectivity index (χ1) is 9.20. The van der Waals surface area contributed by atoms with Gasteiger partial charge in [0.05, 0.1) is 0 Å². The third-order valence-corrected chi connectivity index (χ3v) is 2.62. The molecule has 19 heavy (non-hydrogen) atoms. The topological polar surface area (TPSA) is 93.2 Å². The maximum atomic E-state index is 5.47. The van der Waals surface area contributed by atoms with Crippen LogP contribution in [0, 0.1) is 0 Å². The summed E-state index contributed by atoms with van der Waals surface area (Å²) in [6.45, 7) is 1.92. The lowest BCUT2D eigenvalue weighted by Crippen LogP contribution is -2.36. The van der Waals surface area contributed by atoms with Gasteiger partial charge in [0.25, 0.3) is 0 Å². The fraction of sp³-hybridized carbons (Fsp3) is 0.250. The Morgan fingerprint density at radius 3 is 2.68 bits per heavy atom. The number of guanidine groups is 1. The van der Waals surface area contributed by atoms with Crippen LogP contribution in [0.25, 0.3) is 0 Å². The molecular formula is C12H17N7. The summed E-state index contributed by atoms with van der Waals surface area (Å²) in [5.74, 6) is 6.71. The molecule has 100 valence electrons. The number of nitrogens with zero attached hydrogens (tertiary/aromatic N) is 4. The summed E-state index contributed by atoms with van der Waals surface area (Å²) in [7, 11) is 1.88. The molecule has 0 aliphatic heterocycles. The summed E-state index contributed by atoms with van der Waals surface area (Å²) in [4.78, 5) is 4.44. The molecule has 0 saturated heterocycles. The minimum Gasteiger partial charge on any atom is -0.325 e. The third-order valence-electron chi connectivity index (χ3n) is 2.62. The summed E-state index contributed by atoms with van der Waals surface area (Å²) in [6, 6.07) is 9.51. The molecule has 1 aromatic heterocycles. The largest absolute Gasteiger partial charge is 0.325 e. The van der Waals surface area contributed by atoms with Gasteiger partial charge in [0.1, 0.15) is 12.4 Å². The van der Waals surface area contributed by atoms with E-state index >= 15 is 0 Å². The zero-order valence-electron chi connectivity index (χ0n) is 10.9. The predicted molar refractivity (Wildman–Crippen MR) is 74.2 cm³/mol. The van der Waals surface area contributed by atoms with Crippen LogP contribution in [0.4, 0.5) is 5.69 Å². The van der Waals surface area contributed by atoms with Gasteiger partial charge in [-0.2, -0.15) is 0 Å². The third kappa shape index (κ3) is 3.29. The molecule has 0 bridgehead atoms. The number of nitrogens with one attached hydrogen (secondary N) is 2. The molecule has 2 rings (SSSR count). The van der Waals surface area contributed by atoms with Crippen molar-refractivity contribution >= 4 is 11.6 Å².